The Kier molecular flexibility index (Phi) is 6.80. The number of hydrogen-bond donors (Lipinski definition) is 2. The first kappa shape index (κ1) is 16.4. The van der Waals surface area contributed by atoms with Gasteiger partial charge in [0.15, 0.2) is 0 Å². The SMILES string of the molecule is CCCCC(NC1CCOC(CC)(CC)C1)C(=O)O. The number of unbranched alkanes of at least 4 members (excludes halogenated alkanes) is 1. The summed E-state index contributed by atoms with van der Waals surface area (Å²) in [5, 5.41) is 12.6. The first-order valence-corrected chi connectivity index (χ1v) is 7.69. The molecule has 0 aromatic heterocycles. The van der Waals surface area contributed by atoms with Crippen LogP contribution in [0.3, 0.4) is 0 Å². The molecular formula is C15H29NO3. The highest BCUT2D eigenvalue weighted by Crippen LogP contribution is 2.31. The molecule has 2 N–H and O–H groups in total. The van der Waals surface area contributed by atoms with E-state index in [2.05, 4.69) is 26.1 Å². The molecule has 2 unspecified atom stereocenters. The highest BCUT2D eigenvalue weighted by atomic mass is 16.5. The van der Waals surface area contributed by atoms with E-state index in [9.17, 15) is 9.90 Å². The molecule has 0 aromatic carbocycles. The number of rotatable bonds is 8. The Hall–Kier alpha value is -0.610. The molecule has 4 nitrogen and oxygen atoms in total. The van der Waals surface area contributed by atoms with Crippen LogP contribution in [0, 0.1) is 0 Å². The second-order valence-electron chi connectivity index (χ2n) is 5.63. The van der Waals surface area contributed by atoms with Crippen LogP contribution in [0.1, 0.15) is 65.7 Å². The lowest BCUT2D eigenvalue weighted by Crippen LogP contribution is -2.51. The van der Waals surface area contributed by atoms with E-state index in [1.807, 2.05) is 0 Å². The Morgan fingerprint density at radius 1 is 1.42 bits per heavy atom. The van der Waals surface area contributed by atoms with Crippen molar-refractivity contribution in [1.29, 1.82) is 0 Å². The van der Waals surface area contributed by atoms with E-state index in [0.29, 0.717) is 6.42 Å². The van der Waals surface area contributed by atoms with Crippen LogP contribution in [-0.2, 0) is 9.53 Å². The summed E-state index contributed by atoms with van der Waals surface area (Å²) in [6.07, 6.45) is 6.54. The van der Waals surface area contributed by atoms with Gasteiger partial charge < -0.3 is 15.2 Å². The Morgan fingerprint density at radius 3 is 2.63 bits per heavy atom. The molecule has 112 valence electrons. The highest BCUT2D eigenvalue weighted by Gasteiger charge is 2.35. The normalized spacial score (nSPS) is 24.1. The van der Waals surface area contributed by atoms with Crippen molar-refractivity contribution in [3.63, 3.8) is 0 Å². The molecule has 4 heteroatoms. The van der Waals surface area contributed by atoms with Gasteiger partial charge in [-0.05, 0) is 32.1 Å². The minimum atomic E-state index is -0.724. The molecule has 0 radical (unpaired) electrons. The summed E-state index contributed by atoms with van der Waals surface area (Å²) in [5.74, 6) is -0.724. The van der Waals surface area contributed by atoms with Crippen LogP contribution in [0.5, 0.6) is 0 Å². The average Bonchev–Trinajstić information content (AvgIpc) is 2.43. The zero-order chi connectivity index (χ0) is 14.3. The molecular weight excluding hydrogens is 242 g/mol. The third kappa shape index (κ3) is 4.77. The van der Waals surface area contributed by atoms with Gasteiger partial charge in [-0.3, -0.25) is 4.79 Å². The zero-order valence-corrected chi connectivity index (χ0v) is 12.6. The van der Waals surface area contributed by atoms with Crippen molar-refractivity contribution in [1.82, 2.24) is 5.32 Å². The molecule has 0 aromatic rings. The summed E-state index contributed by atoms with van der Waals surface area (Å²) in [7, 11) is 0. The Labute approximate surface area is 116 Å². The van der Waals surface area contributed by atoms with Crippen LogP contribution in [0.25, 0.3) is 0 Å². The lowest BCUT2D eigenvalue weighted by Gasteiger charge is -2.41. The highest BCUT2D eigenvalue weighted by molar-refractivity contribution is 5.73. The van der Waals surface area contributed by atoms with E-state index in [1.165, 1.54) is 0 Å². The van der Waals surface area contributed by atoms with Gasteiger partial charge >= 0.3 is 5.97 Å². The second-order valence-corrected chi connectivity index (χ2v) is 5.63. The standard InChI is InChI=1S/C15H29NO3/c1-4-7-8-13(14(17)18)16-12-9-10-19-15(5-2,6-3)11-12/h12-13,16H,4-11H2,1-3H3,(H,17,18). The molecule has 0 spiro atoms. The Balaban J connectivity index is 2.56. The maximum Gasteiger partial charge on any atom is 0.320 e. The summed E-state index contributed by atoms with van der Waals surface area (Å²) >= 11 is 0. The Bertz CT molecular complexity index is 277. The first-order valence-electron chi connectivity index (χ1n) is 7.69. The van der Waals surface area contributed by atoms with Gasteiger partial charge in [0.2, 0.25) is 0 Å². The van der Waals surface area contributed by atoms with E-state index in [0.717, 1.165) is 45.1 Å². The molecule has 0 bridgehead atoms. The summed E-state index contributed by atoms with van der Waals surface area (Å²) in [6.45, 7) is 7.13. The summed E-state index contributed by atoms with van der Waals surface area (Å²) in [6, 6.07) is -0.138. The van der Waals surface area contributed by atoms with Gasteiger partial charge in [-0.15, -0.1) is 0 Å². The fourth-order valence-corrected chi connectivity index (χ4v) is 2.88. The van der Waals surface area contributed by atoms with E-state index >= 15 is 0 Å². The van der Waals surface area contributed by atoms with Gasteiger partial charge in [-0.1, -0.05) is 33.6 Å². The quantitative estimate of drug-likeness (QED) is 0.712. The number of aliphatic carboxylic acids is 1. The minimum Gasteiger partial charge on any atom is -0.480 e. The predicted molar refractivity (Wildman–Crippen MR) is 76.4 cm³/mol. The molecule has 1 saturated heterocycles. The van der Waals surface area contributed by atoms with Crippen molar-refractivity contribution in [3.8, 4) is 0 Å². The third-order valence-corrected chi connectivity index (χ3v) is 4.36. The van der Waals surface area contributed by atoms with Gasteiger partial charge in [0, 0.05) is 12.6 Å². The van der Waals surface area contributed by atoms with Crippen molar-refractivity contribution in [3.05, 3.63) is 0 Å². The van der Waals surface area contributed by atoms with Gasteiger partial charge in [0.05, 0.1) is 5.60 Å². The third-order valence-electron chi connectivity index (χ3n) is 4.36. The lowest BCUT2D eigenvalue weighted by atomic mass is 9.85. The molecule has 1 fully saturated rings. The molecule has 1 heterocycles. The average molecular weight is 271 g/mol. The van der Waals surface area contributed by atoms with Crippen molar-refractivity contribution in [2.45, 2.75) is 83.4 Å². The minimum absolute atomic E-state index is 0.0519. The molecule has 1 aliphatic heterocycles. The summed E-state index contributed by atoms with van der Waals surface area (Å²) in [5.41, 5.74) is -0.0519. The Morgan fingerprint density at radius 2 is 2.11 bits per heavy atom. The monoisotopic (exact) mass is 271 g/mol. The van der Waals surface area contributed by atoms with Crippen LogP contribution >= 0.6 is 0 Å². The van der Waals surface area contributed by atoms with Crippen LogP contribution in [0.2, 0.25) is 0 Å². The number of carboxylic acids is 1. The van der Waals surface area contributed by atoms with Crippen molar-refractivity contribution in [2.75, 3.05) is 6.61 Å². The number of hydrogen-bond acceptors (Lipinski definition) is 3. The topological polar surface area (TPSA) is 58.6 Å². The van der Waals surface area contributed by atoms with Crippen LogP contribution in [-0.4, -0.2) is 35.4 Å². The van der Waals surface area contributed by atoms with Gasteiger partial charge in [-0.2, -0.15) is 0 Å². The largest absolute Gasteiger partial charge is 0.480 e. The lowest BCUT2D eigenvalue weighted by molar-refractivity contribution is -0.141. The molecule has 0 aliphatic carbocycles. The smallest absolute Gasteiger partial charge is 0.320 e. The van der Waals surface area contributed by atoms with E-state index in [1.54, 1.807) is 0 Å². The fourth-order valence-electron chi connectivity index (χ4n) is 2.88. The van der Waals surface area contributed by atoms with Gasteiger partial charge in [0.1, 0.15) is 6.04 Å². The van der Waals surface area contributed by atoms with Crippen LogP contribution in [0.15, 0.2) is 0 Å². The maximum absolute atomic E-state index is 11.3. The molecule has 1 rings (SSSR count). The van der Waals surface area contributed by atoms with Crippen molar-refractivity contribution < 1.29 is 14.6 Å². The van der Waals surface area contributed by atoms with Crippen molar-refractivity contribution in [2.24, 2.45) is 0 Å². The zero-order valence-electron chi connectivity index (χ0n) is 12.6. The van der Waals surface area contributed by atoms with E-state index in [4.69, 9.17) is 4.74 Å². The summed E-state index contributed by atoms with van der Waals surface area (Å²) in [4.78, 5) is 11.3. The number of ether oxygens (including phenoxy) is 1. The number of nitrogens with one attached hydrogen (secondary N) is 1. The van der Waals surface area contributed by atoms with Crippen molar-refractivity contribution >= 4 is 5.97 Å². The number of carboxylic acid groups (broad SMARTS) is 1. The first-order chi connectivity index (χ1) is 9.06. The van der Waals surface area contributed by atoms with Crippen LogP contribution < -0.4 is 5.32 Å². The van der Waals surface area contributed by atoms with Gasteiger partial charge in [-0.25, -0.2) is 0 Å². The van der Waals surface area contributed by atoms with Crippen LogP contribution in [0.4, 0.5) is 0 Å². The van der Waals surface area contributed by atoms with E-state index < -0.39 is 12.0 Å². The molecule has 0 saturated carbocycles. The van der Waals surface area contributed by atoms with Gasteiger partial charge in [0.25, 0.3) is 0 Å². The second kappa shape index (κ2) is 7.85. The molecule has 2 atom stereocenters. The summed E-state index contributed by atoms with van der Waals surface area (Å²) < 4.78 is 5.93. The predicted octanol–water partition coefficient (Wildman–Crippen LogP) is 2.96. The molecule has 19 heavy (non-hydrogen) atoms. The fraction of sp³-hybridized carbons (Fsp3) is 0.933. The molecule has 1 aliphatic rings. The number of carbonyl (C=O) groups is 1. The van der Waals surface area contributed by atoms with E-state index in [-0.39, 0.29) is 11.6 Å². The maximum atomic E-state index is 11.3. The molecule has 0 amide bonds.